The van der Waals surface area contributed by atoms with E-state index in [0.29, 0.717) is 11.1 Å². The molecule has 0 aliphatic heterocycles. The van der Waals surface area contributed by atoms with E-state index in [2.05, 4.69) is 9.97 Å². The van der Waals surface area contributed by atoms with Crippen molar-refractivity contribution in [1.29, 1.82) is 0 Å². The van der Waals surface area contributed by atoms with Crippen molar-refractivity contribution >= 4 is 40.2 Å². The van der Waals surface area contributed by atoms with Crippen LogP contribution in [0.15, 0.2) is 29.4 Å². The third kappa shape index (κ3) is 7.76. The van der Waals surface area contributed by atoms with E-state index in [1.807, 2.05) is 13.8 Å². The lowest BCUT2D eigenvalue weighted by molar-refractivity contribution is -0.383. The topological polar surface area (TPSA) is 168 Å². The minimum absolute atomic E-state index is 0.000833. The molecule has 1 unspecified atom stereocenters. The predicted molar refractivity (Wildman–Crippen MR) is 127 cm³/mol. The van der Waals surface area contributed by atoms with Crippen molar-refractivity contribution in [2.45, 2.75) is 45.8 Å². The monoisotopic (exact) mass is 495 g/mol. The average molecular weight is 496 g/mol. The normalized spacial score (nSPS) is 11.0. The first kappa shape index (κ1) is 28.4. The summed E-state index contributed by atoms with van der Waals surface area (Å²) in [6, 6.07) is 6.69. The van der Waals surface area contributed by atoms with Gasteiger partial charge in [0, 0.05) is 6.26 Å². The second-order valence-corrected chi connectivity index (χ2v) is 7.64. The summed E-state index contributed by atoms with van der Waals surface area (Å²) in [5, 5.41) is 11.4. The van der Waals surface area contributed by atoms with Gasteiger partial charge in [-0.2, -0.15) is 9.97 Å². The number of nitrogens with zero attached hydrogens (tertiary/aromatic N) is 4. The smallest absolute Gasteiger partial charge is 0.415 e. The van der Waals surface area contributed by atoms with E-state index in [-0.39, 0.29) is 31.3 Å². The summed E-state index contributed by atoms with van der Waals surface area (Å²) in [6.07, 6.45) is 0.371. The minimum Gasteiger partial charge on any atom is -0.466 e. The molecule has 2 rings (SSSR count). The van der Waals surface area contributed by atoms with Crippen LogP contribution >= 0.6 is 0 Å². The number of nitrogens with two attached hydrogens (primary N) is 1. The van der Waals surface area contributed by atoms with Crippen LogP contribution < -0.4 is 10.6 Å². The molecule has 0 spiro atoms. The Morgan fingerprint density at radius 1 is 1.15 bits per heavy atom. The van der Waals surface area contributed by atoms with E-state index < -0.39 is 45.1 Å². The summed E-state index contributed by atoms with van der Waals surface area (Å²) in [5.41, 5.74) is 6.16. The maximum atomic E-state index is 12.7. The Morgan fingerprint density at radius 3 is 2.32 bits per heavy atom. The van der Waals surface area contributed by atoms with E-state index in [1.54, 1.807) is 38.1 Å². The molecule has 34 heavy (non-hydrogen) atoms. The molecule has 1 heterocycles. The van der Waals surface area contributed by atoms with Crippen molar-refractivity contribution < 1.29 is 28.2 Å². The van der Waals surface area contributed by atoms with Crippen LogP contribution in [0.5, 0.6) is 0 Å². The molecule has 1 aromatic carbocycles. The summed E-state index contributed by atoms with van der Waals surface area (Å²) >= 11 is 0. The number of carbonyl (C=O) groups is 2. The van der Waals surface area contributed by atoms with Gasteiger partial charge >= 0.3 is 17.7 Å². The molecule has 0 bridgehead atoms. The molecule has 2 N–H and O–H groups in total. The molecular weight excluding hydrogens is 466 g/mol. The van der Waals surface area contributed by atoms with Gasteiger partial charge in [0.05, 0.1) is 41.9 Å². The van der Waals surface area contributed by atoms with Crippen molar-refractivity contribution in [2.24, 2.45) is 0 Å². The predicted octanol–water partition coefficient (Wildman–Crippen LogP) is 3.00. The largest absolute Gasteiger partial charge is 0.466 e. The van der Waals surface area contributed by atoms with Crippen LogP contribution in [-0.4, -0.2) is 50.6 Å². The molecule has 0 aliphatic carbocycles. The van der Waals surface area contributed by atoms with Crippen LogP contribution in [0.1, 0.15) is 38.8 Å². The number of benzene rings is 1. The van der Waals surface area contributed by atoms with Crippen molar-refractivity contribution in [2.75, 3.05) is 30.1 Å². The van der Waals surface area contributed by atoms with Crippen molar-refractivity contribution in [3.63, 3.8) is 0 Å². The van der Waals surface area contributed by atoms with Gasteiger partial charge in [-0.1, -0.05) is 38.1 Å². The van der Waals surface area contributed by atoms with E-state index in [1.165, 1.54) is 6.26 Å². The van der Waals surface area contributed by atoms with E-state index >= 15 is 0 Å². The summed E-state index contributed by atoms with van der Waals surface area (Å²) in [5.74, 6) is -1.39. The number of rotatable bonds is 9. The molecule has 13 heteroatoms. The maximum absolute atomic E-state index is 12.7. The van der Waals surface area contributed by atoms with Gasteiger partial charge in [0.15, 0.2) is 0 Å². The fraction of sp³-hybridized carbons (Fsp3) is 0.429. The molecule has 2 aromatic rings. The molecule has 0 saturated carbocycles. The SMILES string of the molecule is CC.CCOC(=O)Cc1cccc(CN(C(=O)OCC)c2nc(S(C)=O)nc(N)c2[N+](=O)[O-])c1. The first-order chi connectivity index (χ1) is 16.2. The Kier molecular flexibility index (Phi) is 11.6. The highest BCUT2D eigenvalue weighted by molar-refractivity contribution is 7.84. The van der Waals surface area contributed by atoms with E-state index in [9.17, 15) is 23.9 Å². The lowest BCUT2D eigenvalue weighted by atomic mass is 10.1. The second kappa shape index (κ2) is 13.8. The molecule has 0 radical (unpaired) electrons. The van der Waals surface area contributed by atoms with Crippen LogP contribution in [0.3, 0.4) is 0 Å². The second-order valence-electron chi connectivity index (χ2n) is 6.36. The zero-order valence-corrected chi connectivity index (χ0v) is 20.6. The van der Waals surface area contributed by atoms with Crippen LogP contribution in [0.4, 0.5) is 22.1 Å². The third-order valence-corrected chi connectivity index (χ3v) is 4.74. The highest BCUT2D eigenvalue weighted by atomic mass is 32.2. The molecule has 1 atom stereocenters. The summed E-state index contributed by atoms with van der Waals surface area (Å²) in [7, 11) is -1.72. The van der Waals surface area contributed by atoms with Crippen molar-refractivity contribution in [3.05, 3.63) is 45.5 Å². The first-order valence-electron chi connectivity index (χ1n) is 10.5. The van der Waals surface area contributed by atoms with Gasteiger partial charge in [-0.3, -0.25) is 24.0 Å². The fourth-order valence-corrected chi connectivity index (χ4v) is 3.20. The highest BCUT2D eigenvalue weighted by Crippen LogP contribution is 2.33. The van der Waals surface area contributed by atoms with Gasteiger partial charge in [0.1, 0.15) is 0 Å². The maximum Gasteiger partial charge on any atom is 0.415 e. The number of esters is 1. The third-order valence-electron chi connectivity index (χ3n) is 4.04. The standard InChI is InChI=1S/C19H23N5O7S.C2H6/c1-4-30-14(25)10-12-7-6-8-13(9-12)11-23(19(26)31-5-2)17-15(24(27)28)16(20)21-18(22-17)32(3)29;1-2/h6-9H,4-5,10-11H2,1-3H3,(H2,20,21,22);1-2H3. The number of amides is 1. The lowest BCUT2D eigenvalue weighted by Crippen LogP contribution is -2.33. The average Bonchev–Trinajstić information content (AvgIpc) is 2.78. The van der Waals surface area contributed by atoms with E-state index in [4.69, 9.17) is 15.2 Å². The van der Waals surface area contributed by atoms with Crippen LogP contribution in [0, 0.1) is 10.1 Å². The number of hydrogen-bond donors (Lipinski definition) is 1. The zero-order valence-electron chi connectivity index (χ0n) is 19.8. The van der Waals surface area contributed by atoms with Crippen LogP contribution in [-0.2, 0) is 38.0 Å². The molecule has 12 nitrogen and oxygen atoms in total. The summed E-state index contributed by atoms with van der Waals surface area (Å²) in [6.45, 7) is 7.33. The number of nitro groups is 1. The molecule has 1 amide bonds. The summed E-state index contributed by atoms with van der Waals surface area (Å²) in [4.78, 5) is 43.9. The van der Waals surface area contributed by atoms with Gasteiger partial charge in [-0.25, -0.2) is 4.79 Å². The van der Waals surface area contributed by atoms with Gasteiger partial charge in [0.25, 0.3) is 0 Å². The number of carbonyl (C=O) groups excluding carboxylic acids is 2. The van der Waals surface area contributed by atoms with Crippen LogP contribution in [0.2, 0.25) is 0 Å². The van der Waals surface area contributed by atoms with Crippen molar-refractivity contribution in [3.8, 4) is 0 Å². The summed E-state index contributed by atoms with van der Waals surface area (Å²) < 4.78 is 21.9. The lowest BCUT2D eigenvalue weighted by Gasteiger charge is -2.21. The molecule has 0 aliphatic rings. The number of hydrogen-bond acceptors (Lipinski definition) is 10. The van der Waals surface area contributed by atoms with Crippen molar-refractivity contribution in [1.82, 2.24) is 9.97 Å². The quantitative estimate of drug-likeness (QED) is 0.236. The molecule has 0 fully saturated rings. The van der Waals surface area contributed by atoms with Gasteiger partial charge in [0.2, 0.25) is 16.8 Å². The molecule has 1 aromatic heterocycles. The minimum atomic E-state index is -1.72. The molecule has 0 saturated heterocycles. The number of aromatic nitrogens is 2. The van der Waals surface area contributed by atoms with Gasteiger partial charge in [-0.05, 0) is 25.0 Å². The Bertz CT molecular complexity index is 1050. The Balaban J connectivity index is 0.00000281. The van der Waals surface area contributed by atoms with E-state index in [0.717, 1.165) is 4.90 Å². The van der Waals surface area contributed by atoms with Gasteiger partial charge in [-0.15, -0.1) is 0 Å². The van der Waals surface area contributed by atoms with Gasteiger partial charge < -0.3 is 15.2 Å². The number of ether oxygens (including phenoxy) is 2. The Hall–Kier alpha value is -3.61. The Morgan fingerprint density at radius 2 is 1.76 bits per heavy atom. The first-order valence-corrected chi connectivity index (χ1v) is 12.1. The number of anilines is 2. The number of nitrogen functional groups attached to an aromatic ring is 1. The highest BCUT2D eigenvalue weighted by Gasteiger charge is 2.32. The molecular formula is C21H29N5O7S. The fourth-order valence-electron chi connectivity index (χ4n) is 2.76. The van der Waals surface area contributed by atoms with Crippen LogP contribution in [0.25, 0.3) is 0 Å². The zero-order chi connectivity index (χ0) is 25.8. The Labute approximate surface area is 200 Å². The molecule has 186 valence electrons.